The zero-order valence-corrected chi connectivity index (χ0v) is 10.4. The SMILES string of the molecule is Cc1ccc(C(C)Nc2ccnc(N)c2)cc1F. The Morgan fingerprint density at radius 2 is 2.06 bits per heavy atom. The normalized spacial score (nSPS) is 12.2. The molecule has 3 nitrogen and oxygen atoms in total. The monoisotopic (exact) mass is 245 g/mol. The molecule has 0 aliphatic rings. The number of hydrogen-bond acceptors (Lipinski definition) is 3. The summed E-state index contributed by atoms with van der Waals surface area (Å²) >= 11 is 0. The van der Waals surface area contributed by atoms with E-state index in [1.54, 1.807) is 31.3 Å². The van der Waals surface area contributed by atoms with E-state index in [0.717, 1.165) is 11.3 Å². The molecule has 4 heteroatoms. The lowest BCUT2D eigenvalue weighted by atomic mass is 10.1. The minimum absolute atomic E-state index is 0.00176. The van der Waals surface area contributed by atoms with Gasteiger partial charge < -0.3 is 11.1 Å². The van der Waals surface area contributed by atoms with Crippen LogP contribution in [-0.4, -0.2) is 4.98 Å². The van der Waals surface area contributed by atoms with Gasteiger partial charge in [0.1, 0.15) is 11.6 Å². The van der Waals surface area contributed by atoms with Gasteiger partial charge in [-0.2, -0.15) is 0 Å². The highest BCUT2D eigenvalue weighted by atomic mass is 19.1. The fraction of sp³-hybridized carbons (Fsp3) is 0.214. The molecule has 1 aromatic heterocycles. The van der Waals surface area contributed by atoms with Crippen LogP contribution < -0.4 is 11.1 Å². The first-order chi connectivity index (χ1) is 8.56. The number of aryl methyl sites for hydroxylation is 1. The Kier molecular flexibility index (Phi) is 3.46. The maximum absolute atomic E-state index is 13.5. The number of benzene rings is 1. The van der Waals surface area contributed by atoms with Crippen LogP contribution in [-0.2, 0) is 0 Å². The highest BCUT2D eigenvalue weighted by Gasteiger charge is 2.07. The molecule has 1 unspecified atom stereocenters. The summed E-state index contributed by atoms with van der Waals surface area (Å²) in [7, 11) is 0. The maximum atomic E-state index is 13.5. The van der Waals surface area contributed by atoms with Gasteiger partial charge in [-0.3, -0.25) is 0 Å². The van der Waals surface area contributed by atoms with Crippen molar-refractivity contribution >= 4 is 11.5 Å². The van der Waals surface area contributed by atoms with Crippen molar-refractivity contribution in [1.29, 1.82) is 0 Å². The maximum Gasteiger partial charge on any atom is 0.126 e. The van der Waals surface area contributed by atoms with Gasteiger partial charge in [0.2, 0.25) is 0 Å². The quantitative estimate of drug-likeness (QED) is 0.872. The number of nitrogens with zero attached hydrogens (tertiary/aromatic N) is 1. The molecular weight excluding hydrogens is 229 g/mol. The van der Waals surface area contributed by atoms with E-state index in [1.165, 1.54) is 0 Å². The molecule has 0 aliphatic carbocycles. The Hall–Kier alpha value is -2.10. The third-order valence-corrected chi connectivity index (χ3v) is 2.86. The standard InChI is InChI=1S/C14H16FN3/c1-9-3-4-11(7-13(9)15)10(2)18-12-5-6-17-14(16)8-12/h3-8,10H,1-2H3,(H3,16,17,18). The third-order valence-electron chi connectivity index (χ3n) is 2.86. The van der Waals surface area contributed by atoms with Crippen LogP contribution in [0.3, 0.4) is 0 Å². The Labute approximate surface area is 106 Å². The van der Waals surface area contributed by atoms with E-state index in [2.05, 4.69) is 10.3 Å². The molecule has 94 valence electrons. The summed E-state index contributed by atoms with van der Waals surface area (Å²) in [6, 6.07) is 8.84. The smallest absolute Gasteiger partial charge is 0.126 e. The second-order valence-corrected chi connectivity index (χ2v) is 4.34. The van der Waals surface area contributed by atoms with Crippen molar-refractivity contribution in [3.8, 4) is 0 Å². The van der Waals surface area contributed by atoms with Gasteiger partial charge in [0.05, 0.1) is 0 Å². The molecule has 0 spiro atoms. The zero-order valence-electron chi connectivity index (χ0n) is 10.4. The van der Waals surface area contributed by atoms with Crippen molar-refractivity contribution in [2.45, 2.75) is 19.9 Å². The second-order valence-electron chi connectivity index (χ2n) is 4.34. The summed E-state index contributed by atoms with van der Waals surface area (Å²) in [4.78, 5) is 3.92. The van der Waals surface area contributed by atoms with Crippen LogP contribution in [0.15, 0.2) is 36.5 Å². The van der Waals surface area contributed by atoms with Crippen LogP contribution >= 0.6 is 0 Å². The Morgan fingerprint density at radius 1 is 1.28 bits per heavy atom. The second kappa shape index (κ2) is 5.04. The van der Waals surface area contributed by atoms with Gasteiger partial charge in [0.15, 0.2) is 0 Å². The predicted octanol–water partition coefficient (Wildman–Crippen LogP) is 3.28. The van der Waals surface area contributed by atoms with E-state index < -0.39 is 0 Å². The first-order valence-corrected chi connectivity index (χ1v) is 5.80. The fourth-order valence-corrected chi connectivity index (χ4v) is 1.75. The lowest BCUT2D eigenvalue weighted by Crippen LogP contribution is -2.07. The Morgan fingerprint density at radius 3 is 2.72 bits per heavy atom. The summed E-state index contributed by atoms with van der Waals surface area (Å²) in [5.74, 6) is 0.276. The van der Waals surface area contributed by atoms with Crippen LogP contribution in [0.4, 0.5) is 15.9 Å². The van der Waals surface area contributed by atoms with Crippen molar-refractivity contribution in [2.24, 2.45) is 0 Å². The number of aromatic nitrogens is 1. The summed E-state index contributed by atoms with van der Waals surface area (Å²) < 4.78 is 13.5. The van der Waals surface area contributed by atoms with Crippen molar-refractivity contribution < 1.29 is 4.39 Å². The number of anilines is 2. The molecule has 0 amide bonds. The molecule has 1 aromatic carbocycles. The van der Waals surface area contributed by atoms with Crippen LogP contribution in [0.25, 0.3) is 0 Å². The largest absolute Gasteiger partial charge is 0.384 e. The predicted molar refractivity (Wildman–Crippen MR) is 71.8 cm³/mol. The molecule has 2 aromatic rings. The van der Waals surface area contributed by atoms with Gasteiger partial charge in [0, 0.05) is 24.0 Å². The molecule has 0 aliphatic heterocycles. The van der Waals surface area contributed by atoms with E-state index in [9.17, 15) is 4.39 Å². The minimum atomic E-state index is -0.185. The van der Waals surface area contributed by atoms with Gasteiger partial charge >= 0.3 is 0 Å². The van der Waals surface area contributed by atoms with E-state index in [-0.39, 0.29) is 11.9 Å². The number of hydrogen-bond donors (Lipinski definition) is 2. The molecule has 1 heterocycles. The summed E-state index contributed by atoms with van der Waals surface area (Å²) in [6.45, 7) is 3.72. The number of halogens is 1. The highest BCUT2D eigenvalue weighted by Crippen LogP contribution is 2.21. The average molecular weight is 245 g/mol. The van der Waals surface area contributed by atoms with Gasteiger partial charge in [-0.05, 0) is 37.1 Å². The molecule has 1 atom stereocenters. The van der Waals surface area contributed by atoms with Crippen molar-refractivity contribution in [3.05, 3.63) is 53.5 Å². The molecule has 0 fully saturated rings. The van der Waals surface area contributed by atoms with Gasteiger partial charge in [-0.25, -0.2) is 9.37 Å². The number of nitrogen functional groups attached to an aromatic ring is 1. The molecule has 2 rings (SSSR count). The van der Waals surface area contributed by atoms with Crippen molar-refractivity contribution in [1.82, 2.24) is 4.98 Å². The fourth-order valence-electron chi connectivity index (χ4n) is 1.75. The van der Waals surface area contributed by atoms with E-state index in [1.807, 2.05) is 19.1 Å². The van der Waals surface area contributed by atoms with Gasteiger partial charge in [-0.1, -0.05) is 12.1 Å². The topological polar surface area (TPSA) is 50.9 Å². The van der Waals surface area contributed by atoms with Crippen LogP contribution in [0, 0.1) is 12.7 Å². The molecule has 3 N–H and O–H groups in total. The van der Waals surface area contributed by atoms with Crippen molar-refractivity contribution in [3.63, 3.8) is 0 Å². The summed E-state index contributed by atoms with van der Waals surface area (Å²) in [6.07, 6.45) is 1.64. The summed E-state index contributed by atoms with van der Waals surface area (Å²) in [5.41, 5.74) is 8.03. The van der Waals surface area contributed by atoms with Crippen molar-refractivity contribution in [2.75, 3.05) is 11.1 Å². The summed E-state index contributed by atoms with van der Waals surface area (Å²) in [5, 5.41) is 3.26. The molecule has 0 bridgehead atoms. The van der Waals surface area contributed by atoms with Crippen LogP contribution in [0.5, 0.6) is 0 Å². The molecule has 18 heavy (non-hydrogen) atoms. The molecule has 0 saturated heterocycles. The Bertz CT molecular complexity index is 554. The highest BCUT2D eigenvalue weighted by molar-refractivity contribution is 5.51. The first kappa shape index (κ1) is 12.4. The molecule has 0 radical (unpaired) electrons. The number of rotatable bonds is 3. The first-order valence-electron chi connectivity index (χ1n) is 5.80. The van der Waals surface area contributed by atoms with Crippen LogP contribution in [0.2, 0.25) is 0 Å². The van der Waals surface area contributed by atoms with Gasteiger partial charge in [-0.15, -0.1) is 0 Å². The third kappa shape index (κ3) is 2.77. The van der Waals surface area contributed by atoms with Crippen LogP contribution in [0.1, 0.15) is 24.1 Å². The van der Waals surface area contributed by atoms with E-state index >= 15 is 0 Å². The van der Waals surface area contributed by atoms with Gasteiger partial charge in [0.25, 0.3) is 0 Å². The Balaban J connectivity index is 2.16. The number of nitrogens with one attached hydrogen (secondary N) is 1. The lowest BCUT2D eigenvalue weighted by molar-refractivity contribution is 0.614. The molecular formula is C14H16FN3. The zero-order chi connectivity index (χ0) is 13.1. The lowest BCUT2D eigenvalue weighted by Gasteiger charge is -2.16. The minimum Gasteiger partial charge on any atom is -0.384 e. The number of pyridine rings is 1. The average Bonchev–Trinajstić information content (AvgIpc) is 2.32. The van der Waals surface area contributed by atoms with E-state index in [4.69, 9.17) is 5.73 Å². The molecule has 0 saturated carbocycles. The number of nitrogens with two attached hydrogens (primary N) is 1. The van der Waals surface area contributed by atoms with E-state index in [0.29, 0.717) is 11.4 Å².